The Morgan fingerprint density at radius 1 is 1.43 bits per heavy atom. The van der Waals surface area contributed by atoms with Crippen LogP contribution in [0.3, 0.4) is 0 Å². The van der Waals surface area contributed by atoms with Crippen LogP contribution >= 0.6 is 11.3 Å². The number of hydrogen-bond donors (Lipinski definition) is 2. The van der Waals surface area contributed by atoms with Crippen molar-refractivity contribution in [1.29, 1.82) is 0 Å². The quantitative estimate of drug-likeness (QED) is 0.868. The Hall–Kier alpha value is -0.980. The highest BCUT2D eigenvalue weighted by Gasteiger charge is 2.26. The first-order valence-corrected chi connectivity index (χ1v) is 8.58. The fourth-order valence-electron chi connectivity index (χ4n) is 3.34. The average Bonchev–Trinajstić information content (AvgIpc) is 3.06. The summed E-state index contributed by atoms with van der Waals surface area (Å²) in [6.45, 7) is 1.14. The van der Waals surface area contributed by atoms with Gasteiger partial charge in [-0.05, 0) is 45.1 Å². The molecule has 1 aromatic rings. The number of anilines is 1. The zero-order valence-corrected chi connectivity index (χ0v) is 13.3. The Kier molecular flexibility index (Phi) is 4.57. The molecule has 1 saturated carbocycles. The molecule has 2 aliphatic rings. The molecule has 0 radical (unpaired) electrons. The molecule has 6 heteroatoms. The van der Waals surface area contributed by atoms with Gasteiger partial charge in [0.05, 0.1) is 18.3 Å². The molecular weight excluding hydrogens is 286 g/mol. The lowest BCUT2D eigenvalue weighted by Crippen LogP contribution is -2.35. The van der Waals surface area contributed by atoms with Crippen molar-refractivity contribution >= 4 is 22.4 Å². The number of aliphatic hydroxyl groups excluding tert-OH is 1. The molecule has 2 aliphatic carbocycles. The normalized spacial score (nSPS) is 24.5. The molecule has 0 spiro atoms. The molecule has 0 saturated heterocycles. The van der Waals surface area contributed by atoms with Crippen molar-refractivity contribution < 1.29 is 9.90 Å². The second-order valence-corrected chi connectivity index (χ2v) is 7.33. The maximum absolute atomic E-state index is 12.1. The van der Waals surface area contributed by atoms with E-state index in [9.17, 15) is 9.90 Å². The summed E-state index contributed by atoms with van der Waals surface area (Å²) in [5, 5.41) is 13.5. The topological polar surface area (TPSA) is 65.5 Å². The van der Waals surface area contributed by atoms with E-state index in [1.54, 1.807) is 11.3 Å². The van der Waals surface area contributed by atoms with Gasteiger partial charge in [-0.3, -0.25) is 9.69 Å². The largest absolute Gasteiger partial charge is 0.393 e. The summed E-state index contributed by atoms with van der Waals surface area (Å²) in [5.41, 5.74) is 1.16. The number of carbonyl (C=O) groups excluding carboxylic acids is 1. The number of nitrogens with zero attached hydrogens (tertiary/aromatic N) is 2. The number of rotatable bonds is 5. The highest BCUT2D eigenvalue weighted by molar-refractivity contribution is 7.15. The van der Waals surface area contributed by atoms with Crippen LogP contribution in [-0.4, -0.2) is 47.1 Å². The van der Waals surface area contributed by atoms with Crippen LogP contribution in [0.15, 0.2) is 0 Å². The van der Waals surface area contributed by atoms with Crippen molar-refractivity contribution in [2.45, 2.75) is 44.6 Å². The summed E-state index contributed by atoms with van der Waals surface area (Å²) >= 11 is 1.61. The van der Waals surface area contributed by atoms with Crippen LogP contribution in [0.4, 0.5) is 5.13 Å². The van der Waals surface area contributed by atoms with Crippen molar-refractivity contribution in [2.75, 3.05) is 25.5 Å². The minimum absolute atomic E-state index is 0.0163. The monoisotopic (exact) mass is 309 g/mol. The maximum Gasteiger partial charge on any atom is 0.240 e. The molecule has 0 aromatic carbocycles. The predicted octanol–water partition coefficient (Wildman–Crippen LogP) is 1.66. The van der Waals surface area contributed by atoms with Gasteiger partial charge in [0.15, 0.2) is 5.13 Å². The zero-order chi connectivity index (χ0) is 14.8. The van der Waals surface area contributed by atoms with Gasteiger partial charge in [-0.2, -0.15) is 0 Å². The van der Waals surface area contributed by atoms with E-state index in [4.69, 9.17) is 0 Å². The van der Waals surface area contributed by atoms with E-state index in [0.29, 0.717) is 12.5 Å². The number of hydrogen-bond acceptors (Lipinski definition) is 5. The number of aryl methyl sites for hydroxylation is 2. The summed E-state index contributed by atoms with van der Waals surface area (Å²) in [5.74, 6) is 0.295. The van der Waals surface area contributed by atoms with Gasteiger partial charge >= 0.3 is 0 Å². The molecule has 2 N–H and O–H groups in total. The summed E-state index contributed by atoms with van der Waals surface area (Å²) in [6, 6.07) is 0. The molecule has 3 rings (SSSR count). The number of fused-ring (bicyclic) bond motifs is 1. The zero-order valence-electron chi connectivity index (χ0n) is 12.5. The first-order valence-electron chi connectivity index (χ1n) is 7.77. The van der Waals surface area contributed by atoms with Gasteiger partial charge in [0.25, 0.3) is 0 Å². The van der Waals surface area contributed by atoms with Gasteiger partial charge < -0.3 is 10.4 Å². The lowest BCUT2D eigenvalue weighted by atomic mass is 10.1. The van der Waals surface area contributed by atoms with E-state index in [1.807, 2.05) is 11.9 Å². The van der Waals surface area contributed by atoms with E-state index < -0.39 is 0 Å². The summed E-state index contributed by atoms with van der Waals surface area (Å²) < 4.78 is 0. The molecule has 21 heavy (non-hydrogen) atoms. The van der Waals surface area contributed by atoms with Gasteiger partial charge in [0, 0.05) is 11.4 Å². The number of thiazole rings is 1. The van der Waals surface area contributed by atoms with Crippen LogP contribution in [0.5, 0.6) is 0 Å². The average molecular weight is 309 g/mol. The maximum atomic E-state index is 12.1. The van der Waals surface area contributed by atoms with Gasteiger partial charge in [0.1, 0.15) is 0 Å². The van der Waals surface area contributed by atoms with Crippen LogP contribution in [0.2, 0.25) is 0 Å². The third kappa shape index (κ3) is 3.62. The van der Waals surface area contributed by atoms with Crippen LogP contribution in [0.1, 0.15) is 36.3 Å². The highest BCUT2D eigenvalue weighted by atomic mass is 32.1. The standard InChI is InChI=1S/C15H23N3O2S/c1-18(8-10-4-2-6-12(10)19)9-14(20)17-15-16-11-5-3-7-13(11)21-15/h10,12,19H,2-9H2,1H3,(H,16,17,20). The fourth-order valence-corrected chi connectivity index (χ4v) is 4.41. The van der Waals surface area contributed by atoms with Crippen LogP contribution < -0.4 is 5.32 Å². The van der Waals surface area contributed by atoms with Gasteiger partial charge in [0.2, 0.25) is 5.91 Å². The molecule has 116 valence electrons. The first-order chi connectivity index (χ1) is 10.1. The lowest BCUT2D eigenvalue weighted by Gasteiger charge is -2.22. The van der Waals surface area contributed by atoms with E-state index in [1.165, 1.54) is 11.3 Å². The van der Waals surface area contributed by atoms with Gasteiger partial charge in [-0.15, -0.1) is 11.3 Å². The van der Waals surface area contributed by atoms with E-state index in [-0.39, 0.29) is 12.0 Å². The summed E-state index contributed by atoms with van der Waals surface area (Å²) in [7, 11) is 1.94. The minimum atomic E-state index is -0.197. The van der Waals surface area contributed by atoms with Crippen LogP contribution in [0, 0.1) is 5.92 Å². The molecule has 2 atom stereocenters. The third-order valence-electron chi connectivity index (χ3n) is 4.42. The van der Waals surface area contributed by atoms with Gasteiger partial charge in [-0.25, -0.2) is 4.98 Å². The summed E-state index contributed by atoms with van der Waals surface area (Å²) in [6.07, 6.45) is 6.19. The SMILES string of the molecule is CN(CC(=O)Nc1nc2c(s1)CCC2)CC1CCCC1O. The molecule has 0 aliphatic heterocycles. The third-order valence-corrected chi connectivity index (χ3v) is 5.49. The van der Waals surface area contributed by atoms with Crippen molar-refractivity contribution in [3.63, 3.8) is 0 Å². The number of carbonyl (C=O) groups is 1. The smallest absolute Gasteiger partial charge is 0.240 e. The molecule has 1 amide bonds. The summed E-state index contributed by atoms with van der Waals surface area (Å²) in [4.78, 5) is 19.9. The number of aromatic nitrogens is 1. The number of aliphatic hydroxyl groups is 1. The molecule has 5 nitrogen and oxygen atoms in total. The van der Waals surface area contributed by atoms with Crippen LogP contribution in [-0.2, 0) is 17.6 Å². The van der Waals surface area contributed by atoms with Crippen molar-refractivity contribution in [1.82, 2.24) is 9.88 Å². The number of amides is 1. The van der Waals surface area contributed by atoms with Crippen LogP contribution in [0.25, 0.3) is 0 Å². The lowest BCUT2D eigenvalue weighted by molar-refractivity contribution is -0.117. The predicted molar refractivity (Wildman–Crippen MR) is 83.6 cm³/mol. The van der Waals surface area contributed by atoms with E-state index in [2.05, 4.69) is 10.3 Å². The molecule has 0 bridgehead atoms. The fraction of sp³-hybridized carbons (Fsp3) is 0.733. The Bertz CT molecular complexity index is 496. The minimum Gasteiger partial charge on any atom is -0.393 e. The molecular formula is C15H23N3O2S. The highest BCUT2D eigenvalue weighted by Crippen LogP contribution is 2.30. The molecule has 1 aromatic heterocycles. The Morgan fingerprint density at radius 3 is 3.00 bits per heavy atom. The molecule has 1 fully saturated rings. The second-order valence-electron chi connectivity index (χ2n) is 6.25. The Morgan fingerprint density at radius 2 is 2.29 bits per heavy atom. The van der Waals surface area contributed by atoms with Crippen molar-refractivity contribution in [3.8, 4) is 0 Å². The van der Waals surface area contributed by atoms with E-state index >= 15 is 0 Å². The van der Waals surface area contributed by atoms with Crippen molar-refractivity contribution in [3.05, 3.63) is 10.6 Å². The Balaban J connectivity index is 1.46. The number of nitrogens with one attached hydrogen (secondary N) is 1. The van der Waals surface area contributed by atoms with E-state index in [0.717, 1.165) is 49.5 Å². The molecule has 2 unspecified atom stereocenters. The van der Waals surface area contributed by atoms with Gasteiger partial charge in [-0.1, -0.05) is 6.42 Å². The Labute approximate surface area is 129 Å². The second kappa shape index (κ2) is 6.42. The van der Waals surface area contributed by atoms with Crippen molar-refractivity contribution in [2.24, 2.45) is 5.92 Å². The number of likely N-dealkylation sites (N-methyl/N-ethyl adjacent to an activating group) is 1. The first kappa shape index (κ1) is 14.9. The molecule has 1 heterocycles.